The van der Waals surface area contributed by atoms with Crippen LogP contribution in [0.2, 0.25) is 0 Å². The first kappa shape index (κ1) is 18.7. The van der Waals surface area contributed by atoms with Crippen molar-refractivity contribution in [2.75, 3.05) is 11.9 Å². The van der Waals surface area contributed by atoms with Crippen molar-refractivity contribution < 1.29 is 14.7 Å². The molecular formula is C20H24N2O3. The van der Waals surface area contributed by atoms with E-state index in [1.807, 2.05) is 62.4 Å². The molecule has 0 aliphatic heterocycles. The number of rotatable bonds is 7. The number of aryl methyl sites for hydroxylation is 2. The van der Waals surface area contributed by atoms with Crippen LogP contribution >= 0.6 is 0 Å². The Hall–Kier alpha value is -2.66. The van der Waals surface area contributed by atoms with Gasteiger partial charge in [0.15, 0.2) is 0 Å². The Morgan fingerprint density at radius 1 is 1.04 bits per heavy atom. The summed E-state index contributed by atoms with van der Waals surface area (Å²) in [6, 6.07) is 15.3. The number of benzene rings is 2. The minimum atomic E-state index is -0.687. The Morgan fingerprint density at radius 3 is 2.48 bits per heavy atom. The lowest BCUT2D eigenvalue weighted by atomic mass is 10.1. The van der Waals surface area contributed by atoms with E-state index >= 15 is 0 Å². The molecule has 0 saturated heterocycles. The minimum absolute atomic E-state index is 0.116. The van der Waals surface area contributed by atoms with E-state index in [1.165, 1.54) is 0 Å². The lowest BCUT2D eigenvalue weighted by Gasteiger charge is -2.12. The Morgan fingerprint density at radius 2 is 1.76 bits per heavy atom. The Balaban J connectivity index is 1.75. The van der Waals surface area contributed by atoms with E-state index in [1.54, 1.807) is 0 Å². The van der Waals surface area contributed by atoms with Gasteiger partial charge in [0, 0.05) is 18.7 Å². The van der Waals surface area contributed by atoms with Crippen LogP contribution in [0, 0.1) is 13.8 Å². The highest BCUT2D eigenvalue weighted by Gasteiger charge is 2.13. The van der Waals surface area contributed by atoms with E-state index in [0.717, 1.165) is 16.7 Å². The zero-order valence-corrected chi connectivity index (χ0v) is 14.6. The molecule has 0 fully saturated rings. The van der Waals surface area contributed by atoms with Crippen molar-refractivity contribution in [2.45, 2.75) is 32.8 Å². The van der Waals surface area contributed by atoms with Crippen LogP contribution in [0.5, 0.6) is 0 Å². The van der Waals surface area contributed by atoms with Crippen LogP contribution in [-0.4, -0.2) is 29.6 Å². The van der Waals surface area contributed by atoms with E-state index in [0.29, 0.717) is 12.1 Å². The van der Waals surface area contributed by atoms with E-state index in [4.69, 9.17) is 0 Å². The number of carbonyl (C=O) groups is 2. The van der Waals surface area contributed by atoms with Crippen molar-refractivity contribution in [1.82, 2.24) is 5.32 Å². The van der Waals surface area contributed by atoms with Gasteiger partial charge >= 0.3 is 0 Å². The molecule has 132 valence electrons. The first-order valence-electron chi connectivity index (χ1n) is 8.30. The number of nitrogens with one attached hydrogen (secondary N) is 2. The lowest BCUT2D eigenvalue weighted by Crippen LogP contribution is -2.35. The van der Waals surface area contributed by atoms with Crippen LogP contribution in [0.25, 0.3) is 0 Å². The topological polar surface area (TPSA) is 78.4 Å². The molecule has 0 saturated carbocycles. The van der Waals surface area contributed by atoms with Crippen LogP contribution in [-0.2, 0) is 16.0 Å². The number of hydrogen-bond acceptors (Lipinski definition) is 3. The molecule has 1 atom stereocenters. The fourth-order valence-corrected chi connectivity index (χ4v) is 2.46. The fourth-order valence-electron chi connectivity index (χ4n) is 2.46. The second-order valence-electron chi connectivity index (χ2n) is 6.19. The fraction of sp³-hybridized carbons (Fsp3) is 0.300. The van der Waals surface area contributed by atoms with Gasteiger partial charge in [-0.15, -0.1) is 0 Å². The highest BCUT2D eigenvalue weighted by molar-refractivity contribution is 6.03. The van der Waals surface area contributed by atoms with Gasteiger partial charge in [0.25, 0.3) is 0 Å². The summed E-state index contributed by atoms with van der Waals surface area (Å²) in [7, 11) is 0. The summed E-state index contributed by atoms with van der Waals surface area (Å²) in [6.07, 6.45) is -0.505. The summed E-state index contributed by atoms with van der Waals surface area (Å²) in [5.74, 6) is -0.779. The summed E-state index contributed by atoms with van der Waals surface area (Å²) in [6.45, 7) is 3.95. The second-order valence-corrected chi connectivity index (χ2v) is 6.19. The molecule has 5 heteroatoms. The molecule has 5 nitrogen and oxygen atoms in total. The molecular weight excluding hydrogens is 316 g/mol. The third-order valence-electron chi connectivity index (χ3n) is 3.84. The quantitative estimate of drug-likeness (QED) is 0.677. The van der Waals surface area contributed by atoms with E-state index in [2.05, 4.69) is 10.6 Å². The largest absolute Gasteiger partial charge is 0.391 e. The number of aliphatic hydroxyl groups excluding tert-OH is 1. The molecule has 2 aromatic rings. The maximum absolute atomic E-state index is 12.0. The Bertz CT molecular complexity index is 729. The second kappa shape index (κ2) is 8.99. The predicted octanol–water partition coefficient (Wildman–Crippen LogP) is 2.35. The third kappa shape index (κ3) is 6.39. The average Bonchev–Trinajstić information content (AvgIpc) is 2.57. The maximum atomic E-state index is 12.0. The molecule has 0 unspecified atom stereocenters. The van der Waals surface area contributed by atoms with Crippen molar-refractivity contribution in [2.24, 2.45) is 0 Å². The van der Waals surface area contributed by atoms with Gasteiger partial charge in [0.2, 0.25) is 11.8 Å². The summed E-state index contributed by atoms with van der Waals surface area (Å²) in [4.78, 5) is 23.9. The standard InChI is InChI=1S/C20H24N2O3/c1-14-8-9-15(2)18(10-14)22-20(25)12-19(24)21-13-17(23)11-16-6-4-3-5-7-16/h3-10,17,23H,11-13H2,1-2H3,(H,21,24)(H,22,25)/t17-/m1/s1. The maximum Gasteiger partial charge on any atom is 0.233 e. The number of hydrogen-bond donors (Lipinski definition) is 3. The minimum Gasteiger partial charge on any atom is -0.391 e. The van der Waals surface area contributed by atoms with Crippen molar-refractivity contribution in [3.8, 4) is 0 Å². The molecule has 2 rings (SSSR count). The van der Waals surface area contributed by atoms with Gasteiger partial charge in [-0.3, -0.25) is 9.59 Å². The average molecular weight is 340 g/mol. The first-order valence-corrected chi connectivity index (χ1v) is 8.30. The van der Waals surface area contributed by atoms with Crippen LogP contribution < -0.4 is 10.6 Å². The van der Waals surface area contributed by atoms with Gasteiger partial charge < -0.3 is 15.7 Å². The molecule has 0 radical (unpaired) electrons. The zero-order chi connectivity index (χ0) is 18.2. The van der Waals surface area contributed by atoms with Gasteiger partial charge in [0.05, 0.1) is 6.10 Å². The molecule has 25 heavy (non-hydrogen) atoms. The SMILES string of the molecule is Cc1ccc(C)c(NC(=O)CC(=O)NC[C@H](O)Cc2ccccc2)c1. The smallest absolute Gasteiger partial charge is 0.233 e. The molecule has 0 heterocycles. The molecule has 0 spiro atoms. The van der Waals surface area contributed by atoms with Crippen LogP contribution in [0.15, 0.2) is 48.5 Å². The summed E-state index contributed by atoms with van der Waals surface area (Å²) >= 11 is 0. The van der Waals surface area contributed by atoms with Crippen molar-refractivity contribution in [3.63, 3.8) is 0 Å². The van der Waals surface area contributed by atoms with E-state index < -0.39 is 12.0 Å². The molecule has 3 N–H and O–H groups in total. The predicted molar refractivity (Wildman–Crippen MR) is 98.3 cm³/mol. The monoisotopic (exact) mass is 340 g/mol. The van der Waals surface area contributed by atoms with Crippen molar-refractivity contribution >= 4 is 17.5 Å². The van der Waals surface area contributed by atoms with Crippen LogP contribution in [0.3, 0.4) is 0 Å². The Labute approximate surface area is 148 Å². The molecule has 2 aromatic carbocycles. The molecule has 0 aliphatic carbocycles. The van der Waals surface area contributed by atoms with Gasteiger partial charge in [-0.05, 0) is 36.6 Å². The summed E-state index contributed by atoms with van der Waals surface area (Å²) < 4.78 is 0. The third-order valence-corrected chi connectivity index (χ3v) is 3.84. The summed E-state index contributed by atoms with van der Waals surface area (Å²) in [5, 5.41) is 15.3. The van der Waals surface area contributed by atoms with E-state index in [-0.39, 0.29) is 18.9 Å². The Kier molecular flexibility index (Phi) is 6.71. The van der Waals surface area contributed by atoms with Crippen molar-refractivity contribution in [1.29, 1.82) is 0 Å². The number of anilines is 1. The number of amides is 2. The first-order chi connectivity index (χ1) is 11.9. The van der Waals surface area contributed by atoms with Crippen molar-refractivity contribution in [3.05, 3.63) is 65.2 Å². The van der Waals surface area contributed by atoms with E-state index in [9.17, 15) is 14.7 Å². The summed E-state index contributed by atoms with van der Waals surface area (Å²) in [5.41, 5.74) is 3.69. The molecule has 0 aromatic heterocycles. The normalized spacial score (nSPS) is 11.6. The van der Waals surface area contributed by atoms with Crippen LogP contribution in [0.4, 0.5) is 5.69 Å². The van der Waals surface area contributed by atoms with Gasteiger partial charge in [-0.25, -0.2) is 0 Å². The molecule has 0 aliphatic rings. The van der Waals surface area contributed by atoms with Gasteiger partial charge in [0.1, 0.15) is 6.42 Å². The number of aliphatic hydroxyl groups is 1. The zero-order valence-electron chi connectivity index (χ0n) is 14.6. The molecule has 0 bridgehead atoms. The highest BCUT2D eigenvalue weighted by Crippen LogP contribution is 2.16. The van der Waals surface area contributed by atoms with Gasteiger partial charge in [-0.2, -0.15) is 0 Å². The van der Waals surface area contributed by atoms with Gasteiger partial charge in [-0.1, -0.05) is 42.5 Å². The number of carbonyl (C=O) groups excluding carboxylic acids is 2. The lowest BCUT2D eigenvalue weighted by molar-refractivity contribution is -0.127. The molecule has 2 amide bonds. The highest BCUT2D eigenvalue weighted by atomic mass is 16.3. The van der Waals surface area contributed by atoms with Crippen LogP contribution in [0.1, 0.15) is 23.1 Å².